The van der Waals surface area contributed by atoms with Crippen molar-refractivity contribution in [2.45, 2.75) is 52.0 Å². The molecule has 2 amide bonds. The van der Waals surface area contributed by atoms with E-state index in [1.165, 1.54) is 4.90 Å². The van der Waals surface area contributed by atoms with Crippen molar-refractivity contribution in [1.29, 1.82) is 0 Å². The van der Waals surface area contributed by atoms with Crippen LogP contribution in [0, 0.1) is 0 Å². The molecule has 0 fully saturated rings. The highest BCUT2D eigenvalue weighted by molar-refractivity contribution is 6.21. The summed E-state index contributed by atoms with van der Waals surface area (Å²) in [7, 11) is 0. The Morgan fingerprint density at radius 2 is 1.68 bits per heavy atom. The Bertz CT molecular complexity index is 547. The lowest BCUT2D eigenvalue weighted by molar-refractivity contribution is 0.0650. The van der Waals surface area contributed by atoms with Gasteiger partial charge in [-0.3, -0.25) is 19.4 Å². The molecule has 1 atom stereocenters. The Morgan fingerprint density at radius 3 is 2.20 bits per heavy atom. The van der Waals surface area contributed by atoms with Crippen LogP contribution < -0.4 is 5.73 Å². The Balaban J connectivity index is 1.83. The van der Waals surface area contributed by atoms with Gasteiger partial charge in [0.05, 0.1) is 11.1 Å². The van der Waals surface area contributed by atoms with E-state index in [0.717, 1.165) is 45.2 Å². The number of carbonyl (C=O) groups is 2. The highest BCUT2D eigenvalue weighted by atomic mass is 16.2. The summed E-state index contributed by atoms with van der Waals surface area (Å²) in [6, 6.07) is 7.61. The highest BCUT2D eigenvalue weighted by Crippen LogP contribution is 2.23. The Kier molecular flexibility index (Phi) is 7.59. The van der Waals surface area contributed by atoms with Crippen molar-refractivity contribution in [3.63, 3.8) is 0 Å². The van der Waals surface area contributed by atoms with Gasteiger partial charge in [0.15, 0.2) is 0 Å². The fourth-order valence-corrected chi connectivity index (χ4v) is 3.67. The first-order valence-electron chi connectivity index (χ1n) is 9.53. The first-order chi connectivity index (χ1) is 12.1. The van der Waals surface area contributed by atoms with Gasteiger partial charge in [-0.2, -0.15) is 0 Å². The maximum Gasteiger partial charge on any atom is 0.261 e. The van der Waals surface area contributed by atoms with Crippen LogP contribution in [-0.2, 0) is 0 Å². The average Bonchev–Trinajstić information content (AvgIpc) is 2.87. The van der Waals surface area contributed by atoms with Gasteiger partial charge in [-0.05, 0) is 44.4 Å². The maximum absolute atomic E-state index is 12.4. The van der Waals surface area contributed by atoms with E-state index in [2.05, 4.69) is 18.7 Å². The van der Waals surface area contributed by atoms with Gasteiger partial charge in [0.25, 0.3) is 11.8 Å². The van der Waals surface area contributed by atoms with Crippen LogP contribution in [0.15, 0.2) is 24.3 Å². The van der Waals surface area contributed by atoms with E-state index in [4.69, 9.17) is 5.73 Å². The summed E-state index contributed by atoms with van der Waals surface area (Å²) in [6.07, 6.45) is 5.18. The number of rotatable bonds is 11. The number of carbonyl (C=O) groups excluding carboxylic acids is 2. The van der Waals surface area contributed by atoms with Crippen LogP contribution >= 0.6 is 0 Å². The SMILES string of the molecule is CCCN(CCN)C(CC)CCCCN1C(=O)c2ccccc2C1=O. The maximum atomic E-state index is 12.4. The number of nitrogens with two attached hydrogens (primary N) is 1. The van der Waals surface area contributed by atoms with Gasteiger partial charge in [-0.25, -0.2) is 0 Å². The lowest BCUT2D eigenvalue weighted by Gasteiger charge is -2.30. The summed E-state index contributed by atoms with van der Waals surface area (Å²) in [6.45, 7) is 7.62. The molecule has 2 rings (SSSR count). The molecule has 0 saturated heterocycles. The van der Waals surface area contributed by atoms with Crippen molar-refractivity contribution in [3.05, 3.63) is 35.4 Å². The number of imide groups is 1. The molecular weight excluding hydrogens is 314 g/mol. The first-order valence-corrected chi connectivity index (χ1v) is 9.53. The summed E-state index contributed by atoms with van der Waals surface area (Å²) in [5.41, 5.74) is 6.81. The molecule has 5 heteroatoms. The lowest BCUT2D eigenvalue weighted by atomic mass is 10.0. The smallest absolute Gasteiger partial charge is 0.261 e. The zero-order valence-corrected chi connectivity index (χ0v) is 15.5. The summed E-state index contributed by atoms with van der Waals surface area (Å²) in [4.78, 5) is 28.6. The minimum atomic E-state index is -0.150. The van der Waals surface area contributed by atoms with Gasteiger partial charge < -0.3 is 5.73 Å². The van der Waals surface area contributed by atoms with Gasteiger partial charge in [0, 0.05) is 25.7 Å². The van der Waals surface area contributed by atoms with Crippen LogP contribution in [-0.4, -0.2) is 53.8 Å². The third kappa shape index (κ3) is 4.67. The average molecular weight is 345 g/mol. The number of fused-ring (bicyclic) bond motifs is 1. The fraction of sp³-hybridized carbons (Fsp3) is 0.600. The highest BCUT2D eigenvalue weighted by Gasteiger charge is 2.34. The number of hydrogen-bond donors (Lipinski definition) is 1. The molecule has 1 aliphatic heterocycles. The minimum Gasteiger partial charge on any atom is -0.329 e. The largest absolute Gasteiger partial charge is 0.329 e. The second-order valence-electron chi connectivity index (χ2n) is 6.69. The number of benzene rings is 1. The molecule has 1 aromatic rings. The van der Waals surface area contributed by atoms with Crippen LogP contribution in [0.3, 0.4) is 0 Å². The molecule has 5 nitrogen and oxygen atoms in total. The number of unbranched alkanes of at least 4 members (excludes halogenated alkanes) is 1. The van der Waals surface area contributed by atoms with Crippen LogP contribution in [0.4, 0.5) is 0 Å². The quantitative estimate of drug-likeness (QED) is 0.495. The Morgan fingerprint density at radius 1 is 1.04 bits per heavy atom. The van der Waals surface area contributed by atoms with Gasteiger partial charge in [-0.15, -0.1) is 0 Å². The van der Waals surface area contributed by atoms with Gasteiger partial charge in [-0.1, -0.05) is 32.4 Å². The van der Waals surface area contributed by atoms with Crippen molar-refractivity contribution in [3.8, 4) is 0 Å². The van der Waals surface area contributed by atoms with Crippen molar-refractivity contribution >= 4 is 11.8 Å². The van der Waals surface area contributed by atoms with Crippen LogP contribution in [0.1, 0.15) is 66.7 Å². The molecule has 25 heavy (non-hydrogen) atoms. The van der Waals surface area contributed by atoms with E-state index in [1.54, 1.807) is 24.3 Å². The van der Waals surface area contributed by atoms with Crippen LogP contribution in [0.2, 0.25) is 0 Å². The molecule has 138 valence electrons. The minimum absolute atomic E-state index is 0.150. The van der Waals surface area contributed by atoms with Crippen molar-refractivity contribution in [2.24, 2.45) is 5.73 Å². The number of nitrogens with zero attached hydrogens (tertiary/aromatic N) is 2. The first kappa shape index (κ1) is 19.6. The van der Waals surface area contributed by atoms with Crippen LogP contribution in [0.5, 0.6) is 0 Å². The number of hydrogen-bond acceptors (Lipinski definition) is 4. The van der Waals surface area contributed by atoms with E-state index in [9.17, 15) is 9.59 Å². The van der Waals surface area contributed by atoms with Gasteiger partial charge >= 0.3 is 0 Å². The molecule has 0 spiro atoms. The summed E-state index contributed by atoms with van der Waals surface area (Å²) in [5, 5.41) is 0. The zero-order chi connectivity index (χ0) is 18.2. The lowest BCUT2D eigenvalue weighted by Crippen LogP contribution is -2.39. The molecule has 2 N–H and O–H groups in total. The molecule has 0 saturated carbocycles. The van der Waals surface area contributed by atoms with Crippen LogP contribution in [0.25, 0.3) is 0 Å². The zero-order valence-electron chi connectivity index (χ0n) is 15.5. The van der Waals surface area contributed by atoms with E-state index in [0.29, 0.717) is 30.3 Å². The summed E-state index contributed by atoms with van der Waals surface area (Å²) >= 11 is 0. The molecule has 1 aliphatic rings. The molecule has 0 bridgehead atoms. The topological polar surface area (TPSA) is 66.6 Å². The molecule has 0 aromatic heterocycles. The fourth-order valence-electron chi connectivity index (χ4n) is 3.67. The molecule has 1 heterocycles. The Labute approximate surface area is 151 Å². The predicted molar refractivity (Wildman–Crippen MR) is 101 cm³/mol. The molecule has 1 aromatic carbocycles. The Hall–Kier alpha value is -1.72. The molecule has 0 radical (unpaired) electrons. The predicted octanol–water partition coefficient (Wildman–Crippen LogP) is 2.90. The van der Waals surface area contributed by atoms with Gasteiger partial charge in [0.1, 0.15) is 0 Å². The second kappa shape index (κ2) is 9.68. The van der Waals surface area contributed by atoms with Crippen molar-refractivity contribution < 1.29 is 9.59 Å². The monoisotopic (exact) mass is 345 g/mol. The van der Waals surface area contributed by atoms with Gasteiger partial charge in [0.2, 0.25) is 0 Å². The summed E-state index contributed by atoms with van der Waals surface area (Å²) < 4.78 is 0. The normalized spacial score (nSPS) is 15.1. The standard InChI is InChI=1S/C20H31N3O2/c1-3-13-22(15-12-21)16(4-2)9-7-8-14-23-19(24)17-10-5-6-11-18(17)20(23)25/h5-6,10-11,16H,3-4,7-9,12-15,21H2,1-2H3. The third-order valence-electron chi connectivity index (χ3n) is 4.96. The van der Waals surface area contributed by atoms with E-state index in [-0.39, 0.29) is 11.8 Å². The summed E-state index contributed by atoms with van der Waals surface area (Å²) in [5.74, 6) is -0.299. The van der Waals surface area contributed by atoms with E-state index < -0.39 is 0 Å². The molecule has 1 unspecified atom stereocenters. The molecular formula is C20H31N3O2. The van der Waals surface area contributed by atoms with Crippen molar-refractivity contribution in [2.75, 3.05) is 26.2 Å². The van der Waals surface area contributed by atoms with E-state index >= 15 is 0 Å². The van der Waals surface area contributed by atoms with E-state index in [1.807, 2.05) is 0 Å². The third-order valence-corrected chi connectivity index (χ3v) is 4.96. The second-order valence-corrected chi connectivity index (χ2v) is 6.69. The number of amides is 2. The molecule has 0 aliphatic carbocycles. The van der Waals surface area contributed by atoms with Crippen molar-refractivity contribution in [1.82, 2.24) is 9.80 Å².